The molecule has 0 aliphatic rings. The summed E-state index contributed by atoms with van der Waals surface area (Å²) in [4.78, 5) is 14.2. The second kappa shape index (κ2) is 4.80. The fourth-order valence-electron chi connectivity index (χ4n) is 1.73. The molecule has 0 aromatic carbocycles. The van der Waals surface area contributed by atoms with Gasteiger partial charge in [-0.15, -0.1) is 11.3 Å². The molecule has 0 aliphatic heterocycles. The maximum absolute atomic E-state index is 12.0. The SMILES string of the molecule is CN(C)CCCn1ccc2ccsc2c1=O. The van der Waals surface area contributed by atoms with E-state index in [0.29, 0.717) is 0 Å². The van der Waals surface area contributed by atoms with Crippen LogP contribution in [0.5, 0.6) is 0 Å². The monoisotopic (exact) mass is 236 g/mol. The highest BCUT2D eigenvalue weighted by Crippen LogP contribution is 2.15. The predicted molar refractivity (Wildman–Crippen MR) is 69.3 cm³/mol. The van der Waals surface area contributed by atoms with Gasteiger partial charge in [0.25, 0.3) is 5.56 Å². The lowest BCUT2D eigenvalue weighted by Gasteiger charge is -2.10. The first kappa shape index (κ1) is 11.4. The Kier molecular flexibility index (Phi) is 3.41. The van der Waals surface area contributed by atoms with Crippen LogP contribution < -0.4 is 5.56 Å². The van der Waals surface area contributed by atoms with E-state index >= 15 is 0 Å². The third-order valence-corrected chi connectivity index (χ3v) is 3.51. The number of fused-ring (bicyclic) bond motifs is 1. The number of hydrogen-bond acceptors (Lipinski definition) is 3. The zero-order valence-corrected chi connectivity index (χ0v) is 10.5. The van der Waals surface area contributed by atoms with Gasteiger partial charge in [-0.1, -0.05) is 0 Å². The van der Waals surface area contributed by atoms with E-state index in [0.717, 1.165) is 29.6 Å². The molecule has 0 amide bonds. The Balaban J connectivity index is 2.18. The van der Waals surface area contributed by atoms with Gasteiger partial charge in [0, 0.05) is 12.7 Å². The average Bonchev–Trinajstić information content (AvgIpc) is 2.69. The van der Waals surface area contributed by atoms with Crippen LogP contribution in [-0.4, -0.2) is 30.1 Å². The molecule has 2 aromatic rings. The Labute approximate surface area is 98.9 Å². The van der Waals surface area contributed by atoms with Crippen LogP contribution in [0, 0.1) is 0 Å². The first-order valence-corrected chi connectivity index (χ1v) is 6.28. The van der Waals surface area contributed by atoms with Gasteiger partial charge in [-0.3, -0.25) is 4.79 Å². The molecule has 2 aromatic heterocycles. The van der Waals surface area contributed by atoms with Gasteiger partial charge in [-0.2, -0.15) is 0 Å². The van der Waals surface area contributed by atoms with Crippen molar-refractivity contribution in [1.29, 1.82) is 0 Å². The van der Waals surface area contributed by atoms with Crippen LogP contribution in [0.2, 0.25) is 0 Å². The molecule has 3 nitrogen and oxygen atoms in total. The molecule has 0 atom stereocenters. The Bertz CT molecular complexity index is 527. The van der Waals surface area contributed by atoms with Gasteiger partial charge < -0.3 is 9.47 Å². The molecule has 0 spiro atoms. The highest BCUT2D eigenvalue weighted by atomic mass is 32.1. The summed E-state index contributed by atoms with van der Waals surface area (Å²) < 4.78 is 2.68. The minimum absolute atomic E-state index is 0.145. The van der Waals surface area contributed by atoms with Crippen LogP contribution in [-0.2, 0) is 6.54 Å². The topological polar surface area (TPSA) is 25.2 Å². The van der Waals surface area contributed by atoms with Crippen LogP contribution in [0.25, 0.3) is 10.1 Å². The van der Waals surface area contributed by atoms with Gasteiger partial charge in [0.1, 0.15) is 0 Å². The lowest BCUT2D eigenvalue weighted by molar-refractivity contribution is 0.385. The highest BCUT2D eigenvalue weighted by Gasteiger charge is 2.03. The average molecular weight is 236 g/mol. The maximum atomic E-state index is 12.0. The van der Waals surface area contributed by atoms with E-state index < -0.39 is 0 Å². The van der Waals surface area contributed by atoms with Crippen molar-refractivity contribution in [3.8, 4) is 0 Å². The molecular weight excluding hydrogens is 220 g/mol. The van der Waals surface area contributed by atoms with E-state index in [1.165, 1.54) is 11.3 Å². The maximum Gasteiger partial charge on any atom is 0.268 e. The van der Waals surface area contributed by atoms with Crippen molar-refractivity contribution in [3.63, 3.8) is 0 Å². The molecule has 0 fully saturated rings. The molecule has 0 saturated heterocycles. The number of hydrogen-bond donors (Lipinski definition) is 0. The van der Waals surface area contributed by atoms with E-state index in [2.05, 4.69) is 4.90 Å². The molecule has 16 heavy (non-hydrogen) atoms. The van der Waals surface area contributed by atoms with E-state index in [1.807, 2.05) is 42.4 Å². The zero-order chi connectivity index (χ0) is 11.5. The van der Waals surface area contributed by atoms with Crippen LogP contribution in [0.1, 0.15) is 6.42 Å². The molecule has 0 N–H and O–H groups in total. The van der Waals surface area contributed by atoms with Crippen molar-refractivity contribution in [2.24, 2.45) is 0 Å². The van der Waals surface area contributed by atoms with E-state index in [4.69, 9.17) is 0 Å². The summed E-state index contributed by atoms with van der Waals surface area (Å²) >= 11 is 1.52. The highest BCUT2D eigenvalue weighted by molar-refractivity contribution is 7.17. The lowest BCUT2D eigenvalue weighted by atomic mass is 10.3. The van der Waals surface area contributed by atoms with Crippen molar-refractivity contribution < 1.29 is 0 Å². The Morgan fingerprint density at radius 2 is 2.19 bits per heavy atom. The minimum atomic E-state index is 0.145. The molecule has 0 radical (unpaired) electrons. The van der Waals surface area contributed by atoms with E-state index in [1.54, 1.807) is 0 Å². The second-order valence-corrected chi connectivity index (χ2v) is 5.09. The van der Waals surface area contributed by atoms with Gasteiger partial charge in [-0.25, -0.2) is 0 Å². The Hall–Kier alpha value is -1.13. The van der Waals surface area contributed by atoms with Gasteiger partial charge in [-0.05, 0) is 50.0 Å². The van der Waals surface area contributed by atoms with Crippen LogP contribution in [0.15, 0.2) is 28.5 Å². The van der Waals surface area contributed by atoms with Gasteiger partial charge >= 0.3 is 0 Å². The fraction of sp³-hybridized carbons (Fsp3) is 0.417. The van der Waals surface area contributed by atoms with Crippen molar-refractivity contribution in [2.45, 2.75) is 13.0 Å². The number of aryl methyl sites for hydroxylation is 1. The summed E-state index contributed by atoms with van der Waals surface area (Å²) in [6, 6.07) is 4.01. The molecule has 0 unspecified atom stereocenters. The summed E-state index contributed by atoms with van der Waals surface area (Å²) in [7, 11) is 4.09. The summed E-state index contributed by atoms with van der Waals surface area (Å²) in [5.74, 6) is 0. The zero-order valence-electron chi connectivity index (χ0n) is 9.64. The quantitative estimate of drug-likeness (QED) is 0.811. The third kappa shape index (κ3) is 2.33. The van der Waals surface area contributed by atoms with Gasteiger partial charge in [0.05, 0.1) is 4.70 Å². The van der Waals surface area contributed by atoms with Crippen molar-refractivity contribution in [3.05, 3.63) is 34.1 Å². The number of aromatic nitrogens is 1. The van der Waals surface area contributed by atoms with Gasteiger partial charge in [0.2, 0.25) is 0 Å². The van der Waals surface area contributed by atoms with E-state index in [-0.39, 0.29) is 5.56 Å². The van der Waals surface area contributed by atoms with Crippen LogP contribution in [0.4, 0.5) is 0 Å². The molecular formula is C12H16N2OS. The first-order valence-electron chi connectivity index (χ1n) is 5.40. The molecule has 0 bridgehead atoms. The summed E-state index contributed by atoms with van der Waals surface area (Å²) in [5, 5.41) is 3.02. The summed E-state index contributed by atoms with van der Waals surface area (Å²) in [6.07, 6.45) is 2.90. The van der Waals surface area contributed by atoms with E-state index in [9.17, 15) is 4.79 Å². The summed E-state index contributed by atoms with van der Waals surface area (Å²) in [5.41, 5.74) is 0.145. The predicted octanol–water partition coefficient (Wildman–Crippen LogP) is 2.01. The Morgan fingerprint density at radius 1 is 1.38 bits per heavy atom. The van der Waals surface area contributed by atoms with Crippen LogP contribution >= 0.6 is 11.3 Å². The molecule has 86 valence electrons. The smallest absolute Gasteiger partial charge is 0.268 e. The van der Waals surface area contributed by atoms with Gasteiger partial charge in [0.15, 0.2) is 0 Å². The third-order valence-electron chi connectivity index (χ3n) is 2.59. The normalized spacial score (nSPS) is 11.4. The number of nitrogens with zero attached hydrogens (tertiary/aromatic N) is 2. The van der Waals surface area contributed by atoms with Crippen molar-refractivity contribution in [2.75, 3.05) is 20.6 Å². The lowest BCUT2D eigenvalue weighted by Crippen LogP contribution is -2.21. The van der Waals surface area contributed by atoms with Crippen molar-refractivity contribution in [1.82, 2.24) is 9.47 Å². The van der Waals surface area contributed by atoms with Crippen LogP contribution in [0.3, 0.4) is 0 Å². The largest absolute Gasteiger partial charge is 0.314 e. The minimum Gasteiger partial charge on any atom is -0.314 e. The molecule has 2 rings (SSSR count). The van der Waals surface area contributed by atoms with Crippen molar-refractivity contribution >= 4 is 21.4 Å². The number of rotatable bonds is 4. The molecule has 0 saturated carbocycles. The molecule has 2 heterocycles. The summed E-state index contributed by atoms with van der Waals surface area (Å²) in [6.45, 7) is 1.81. The standard InChI is InChI=1S/C12H16N2OS/c1-13(2)6-3-7-14-8-4-10-5-9-16-11(10)12(14)15/h4-5,8-9H,3,6-7H2,1-2H3. The number of thiophene rings is 1. The molecule has 0 aliphatic carbocycles. The second-order valence-electron chi connectivity index (χ2n) is 4.18. The Morgan fingerprint density at radius 3 is 2.94 bits per heavy atom. The number of pyridine rings is 1. The fourth-order valence-corrected chi connectivity index (χ4v) is 2.57. The first-order chi connectivity index (χ1) is 7.68. The molecule has 4 heteroatoms.